The number of anilines is 1. The topological polar surface area (TPSA) is 41.6 Å². The van der Waals surface area contributed by atoms with E-state index in [0.29, 0.717) is 16.6 Å². The molecule has 1 N–H and O–H groups in total. The molecule has 0 saturated carbocycles. The monoisotopic (exact) mass is 506 g/mol. The van der Waals surface area contributed by atoms with Crippen LogP contribution in [0.5, 0.6) is 0 Å². The number of hydrogen-bond donors (Lipinski definition) is 1. The highest BCUT2D eigenvalue weighted by molar-refractivity contribution is 6.32. The molecule has 200 valence electrons. The van der Waals surface area contributed by atoms with Crippen LogP contribution in [0.4, 0.5) is 10.5 Å². The van der Waals surface area contributed by atoms with Crippen molar-refractivity contribution in [3.05, 3.63) is 35.4 Å². The van der Waals surface area contributed by atoms with Crippen LogP contribution in [0.25, 0.3) is 5.70 Å². The Labute approximate surface area is 220 Å². The average Bonchev–Trinajstić information content (AvgIpc) is 2.83. The minimum absolute atomic E-state index is 0.509. The third kappa shape index (κ3) is 10.5. The number of benzene rings is 1. The summed E-state index contributed by atoms with van der Waals surface area (Å²) in [4.78, 5) is 13.6. The Hall–Kier alpha value is -1.68. The number of carbonyl (C=O) groups excluding carboxylic acids is 1. The van der Waals surface area contributed by atoms with Gasteiger partial charge in [-0.25, -0.2) is 4.79 Å². The molecule has 1 fully saturated rings. The van der Waals surface area contributed by atoms with E-state index in [-0.39, 0.29) is 0 Å². The van der Waals surface area contributed by atoms with Gasteiger partial charge >= 0.3 is 6.09 Å². The molecule has 2 rings (SSSR count). The van der Waals surface area contributed by atoms with E-state index in [1.165, 1.54) is 45.6 Å². The van der Waals surface area contributed by atoms with Gasteiger partial charge in [-0.1, -0.05) is 92.3 Å². The van der Waals surface area contributed by atoms with Crippen molar-refractivity contribution in [1.29, 1.82) is 0 Å². The Kier molecular flexibility index (Phi) is 14.5. The first-order chi connectivity index (χ1) is 16.6. The first-order valence-corrected chi connectivity index (χ1v) is 14.0. The maximum atomic E-state index is 11.3. The molecule has 0 spiro atoms. The van der Waals surface area contributed by atoms with Crippen LogP contribution in [0.2, 0.25) is 5.02 Å². The minimum atomic E-state index is -0.509. The summed E-state index contributed by atoms with van der Waals surface area (Å²) in [5.74, 6) is 4.22. The van der Waals surface area contributed by atoms with E-state index in [9.17, 15) is 4.79 Å². The highest BCUT2D eigenvalue weighted by Gasteiger charge is 2.28. The van der Waals surface area contributed by atoms with Gasteiger partial charge in [0.15, 0.2) is 0 Å². The highest BCUT2D eigenvalue weighted by atomic mass is 35.5. The lowest BCUT2D eigenvalue weighted by molar-refractivity contribution is 0.161. The third-order valence-electron chi connectivity index (χ3n) is 7.62. The number of hydrogen-bond acceptors (Lipinski definition) is 3. The fourth-order valence-corrected chi connectivity index (χ4v) is 5.34. The van der Waals surface area contributed by atoms with Crippen LogP contribution in [0.15, 0.2) is 24.8 Å². The lowest BCUT2D eigenvalue weighted by Gasteiger charge is -2.40. The summed E-state index contributed by atoms with van der Waals surface area (Å²) in [6.07, 6.45) is 7.30. The van der Waals surface area contributed by atoms with E-state index < -0.39 is 6.09 Å². The van der Waals surface area contributed by atoms with Crippen LogP contribution in [0.1, 0.15) is 92.6 Å². The summed E-state index contributed by atoms with van der Waals surface area (Å²) in [6, 6.07) is 5.46. The van der Waals surface area contributed by atoms with Crippen molar-refractivity contribution in [2.24, 2.45) is 29.6 Å². The zero-order valence-corrected chi connectivity index (χ0v) is 24.4. The van der Waals surface area contributed by atoms with Gasteiger partial charge in [0, 0.05) is 30.0 Å². The van der Waals surface area contributed by atoms with Crippen molar-refractivity contribution in [3.63, 3.8) is 0 Å². The zero-order chi connectivity index (χ0) is 26.5. The summed E-state index contributed by atoms with van der Waals surface area (Å²) < 4.78 is 4.59. The maximum Gasteiger partial charge on any atom is 0.411 e. The zero-order valence-electron chi connectivity index (χ0n) is 23.6. The lowest BCUT2D eigenvalue weighted by atomic mass is 9.82. The number of amides is 1. The number of piperidine rings is 1. The number of likely N-dealkylation sites (tertiary alicyclic amines) is 1. The van der Waals surface area contributed by atoms with Crippen molar-refractivity contribution in [1.82, 2.24) is 4.90 Å². The number of ether oxygens (including phenoxy) is 1. The molecule has 0 aromatic heterocycles. The van der Waals surface area contributed by atoms with Crippen LogP contribution in [0, 0.1) is 29.6 Å². The van der Waals surface area contributed by atoms with Gasteiger partial charge < -0.3 is 9.64 Å². The van der Waals surface area contributed by atoms with Gasteiger partial charge in [0.25, 0.3) is 0 Å². The highest BCUT2D eigenvalue weighted by Crippen LogP contribution is 2.35. The molecule has 0 radical (unpaired) electrons. The van der Waals surface area contributed by atoms with E-state index in [1.54, 1.807) is 6.07 Å². The summed E-state index contributed by atoms with van der Waals surface area (Å²) >= 11 is 6.42. The molecule has 1 aromatic carbocycles. The van der Waals surface area contributed by atoms with Gasteiger partial charge in [0.05, 0.1) is 12.1 Å². The molecule has 4 nitrogen and oxygen atoms in total. The van der Waals surface area contributed by atoms with Gasteiger partial charge in [0.1, 0.15) is 0 Å². The summed E-state index contributed by atoms with van der Waals surface area (Å²) in [7, 11) is 1.33. The second-order valence-electron chi connectivity index (χ2n) is 10.7. The van der Waals surface area contributed by atoms with Gasteiger partial charge in [-0.3, -0.25) is 5.32 Å². The van der Waals surface area contributed by atoms with E-state index in [1.807, 2.05) is 12.1 Å². The number of nitrogens with zero attached hydrogens (tertiary/aromatic N) is 1. The van der Waals surface area contributed by atoms with Gasteiger partial charge in [0.2, 0.25) is 0 Å². The Morgan fingerprint density at radius 2 is 1.80 bits per heavy atom. The second kappa shape index (κ2) is 16.1. The van der Waals surface area contributed by atoms with E-state index in [4.69, 9.17) is 11.6 Å². The molecule has 1 heterocycles. The maximum absolute atomic E-state index is 11.3. The van der Waals surface area contributed by atoms with Crippen molar-refractivity contribution in [2.75, 3.05) is 25.5 Å². The molecule has 0 aliphatic carbocycles. The molecule has 1 aromatic rings. The average molecular weight is 507 g/mol. The van der Waals surface area contributed by atoms with E-state index >= 15 is 0 Å². The molecular formula is C30H51ClN2O2. The largest absolute Gasteiger partial charge is 0.453 e. The van der Waals surface area contributed by atoms with Crippen LogP contribution >= 0.6 is 11.6 Å². The van der Waals surface area contributed by atoms with E-state index in [0.717, 1.165) is 48.0 Å². The van der Waals surface area contributed by atoms with E-state index in [2.05, 4.69) is 70.0 Å². The SMILES string of the molecule is C=C(c1ccc(NC(=O)OC)cc1Cl)N1CCC(CC)C(CC)C1.CCC(CCC(C)C)C(C)C. The van der Waals surface area contributed by atoms with Crippen molar-refractivity contribution >= 4 is 29.1 Å². The standard InChI is InChI=1S/C19H27ClN2O2.C11H24/c1-5-14-9-10-22(12-15(14)6-2)13(3)17-8-7-16(11-18(17)20)21-19(23)24-4;1-6-11(10(4)5)8-7-9(2)3/h7-8,11,14-15H,3,5-6,9-10,12H2,1-2,4H3,(H,21,23);9-11H,6-8H2,1-5H3. The van der Waals surface area contributed by atoms with Crippen molar-refractivity contribution in [2.45, 2.75) is 87.0 Å². The molecule has 3 unspecified atom stereocenters. The first-order valence-electron chi connectivity index (χ1n) is 13.7. The fraction of sp³-hybridized carbons (Fsp3) is 0.700. The Morgan fingerprint density at radius 3 is 2.29 bits per heavy atom. The summed E-state index contributed by atoms with van der Waals surface area (Å²) in [5, 5.41) is 3.20. The molecule has 1 amide bonds. The van der Waals surface area contributed by atoms with Crippen LogP contribution < -0.4 is 5.32 Å². The lowest BCUT2D eigenvalue weighted by Crippen LogP contribution is -2.38. The van der Waals surface area contributed by atoms with Gasteiger partial charge in [-0.15, -0.1) is 0 Å². The number of rotatable bonds is 10. The van der Waals surface area contributed by atoms with Crippen LogP contribution in [-0.2, 0) is 4.74 Å². The van der Waals surface area contributed by atoms with Gasteiger partial charge in [-0.05, 0) is 60.6 Å². The van der Waals surface area contributed by atoms with Crippen LogP contribution in [0.3, 0.4) is 0 Å². The molecule has 1 saturated heterocycles. The Morgan fingerprint density at radius 1 is 1.14 bits per heavy atom. The molecule has 5 heteroatoms. The summed E-state index contributed by atoms with van der Waals surface area (Å²) in [6.45, 7) is 22.5. The molecule has 0 bridgehead atoms. The van der Waals surface area contributed by atoms with Crippen LogP contribution in [-0.4, -0.2) is 31.2 Å². The number of methoxy groups -OCH3 is 1. The fourth-order valence-electron chi connectivity index (χ4n) is 5.05. The van der Waals surface area contributed by atoms with Crippen molar-refractivity contribution < 1.29 is 9.53 Å². The normalized spacial score (nSPS) is 18.7. The van der Waals surface area contributed by atoms with Crippen molar-refractivity contribution in [3.8, 4) is 0 Å². The molecular weight excluding hydrogens is 456 g/mol. The number of carbonyl (C=O) groups is 1. The predicted octanol–water partition coefficient (Wildman–Crippen LogP) is 9.35. The minimum Gasteiger partial charge on any atom is -0.453 e. The molecule has 1 aliphatic rings. The Balaban J connectivity index is 0.000000471. The predicted molar refractivity (Wildman–Crippen MR) is 153 cm³/mol. The molecule has 35 heavy (non-hydrogen) atoms. The first kappa shape index (κ1) is 31.4. The molecule has 1 aliphatic heterocycles. The third-order valence-corrected chi connectivity index (χ3v) is 7.93. The smallest absolute Gasteiger partial charge is 0.411 e. The number of nitrogens with one attached hydrogen (secondary N) is 1. The summed E-state index contributed by atoms with van der Waals surface area (Å²) in [5.41, 5.74) is 2.48. The quantitative estimate of drug-likeness (QED) is 0.343. The second-order valence-corrected chi connectivity index (χ2v) is 11.1. The number of halogens is 1. The van der Waals surface area contributed by atoms with Gasteiger partial charge in [-0.2, -0.15) is 0 Å². The molecule has 3 atom stereocenters. The Bertz CT molecular complexity index is 778.